The van der Waals surface area contributed by atoms with Crippen LogP contribution in [0.15, 0.2) is 83.1 Å². The summed E-state index contributed by atoms with van der Waals surface area (Å²) >= 11 is 0. The van der Waals surface area contributed by atoms with Gasteiger partial charge in [0, 0.05) is 31.2 Å². The van der Waals surface area contributed by atoms with Gasteiger partial charge in [0.25, 0.3) is 0 Å². The molecule has 0 aliphatic heterocycles. The molecule has 0 saturated heterocycles. The number of carbonyl (C=O) groups excluding carboxylic acids is 1. The Labute approximate surface area is 182 Å². The smallest absolute Gasteiger partial charge is 0.387 e. The molecule has 0 fully saturated rings. The molecule has 2 aromatic carbocycles. The van der Waals surface area contributed by atoms with E-state index >= 15 is 0 Å². The standard InChI is InChI=1S/C22H17F2N3O4S/c23-21(24)31-17-2-1-3-19(12-17)32(29,30)18-7-4-15(5-8-18)6-9-20(28)16-13-26-22-25-10-11-27(22)14-16/h1-5,7-8,10-14,21H,6,9H2. The van der Waals surface area contributed by atoms with Crippen molar-refractivity contribution in [3.05, 3.63) is 84.4 Å². The number of imidazole rings is 1. The summed E-state index contributed by atoms with van der Waals surface area (Å²) in [4.78, 5) is 20.5. The van der Waals surface area contributed by atoms with Crippen molar-refractivity contribution in [1.82, 2.24) is 14.4 Å². The van der Waals surface area contributed by atoms with Crippen LogP contribution in [0.3, 0.4) is 0 Å². The molecule has 2 aromatic heterocycles. The lowest BCUT2D eigenvalue weighted by atomic mass is 10.0. The van der Waals surface area contributed by atoms with Crippen LogP contribution in [0.2, 0.25) is 0 Å². The zero-order chi connectivity index (χ0) is 22.7. The molecule has 0 radical (unpaired) electrons. The molecule has 0 N–H and O–H groups in total. The van der Waals surface area contributed by atoms with Gasteiger partial charge in [0.15, 0.2) is 5.78 Å². The molecule has 4 rings (SSSR count). The van der Waals surface area contributed by atoms with Crippen LogP contribution in [0.4, 0.5) is 8.78 Å². The molecule has 0 bridgehead atoms. The van der Waals surface area contributed by atoms with E-state index in [0.717, 1.165) is 11.6 Å². The van der Waals surface area contributed by atoms with Gasteiger partial charge < -0.3 is 4.74 Å². The summed E-state index contributed by atoms with van der Waals surface area (Å²) in [5, 5.41) is 0. The molecule has 0 saturated carbocycles. The Morgan fingerprint density at radius 2 is 1.84 bits per heavy atom. The Balaban J connectivity index is 1.45. The lowest BCUT2D eigenvalue weighted by Gasteiger charge is -2.09. The van der Waals surface area contributed by atoms with E-state index in [0.29, 0.717) is 17.8 Å². The zero-order valence-corrected chi connectivity index (χ0v) is 17.4. The minimum absolute atomic E-state index is 0.0107. The zero-order valence-electron chi connectivity index (χ0n) is 16.6. The predicted molar refractivity (Wildman–Crippen MR) is 111 cm³/mol. The number of rotatable bonds is 8. The van der Waals surface area contributed by atoms with Crippen LogP contribution in [0, 0.1) is 0 Å². The molecule has 10 heteroatoms. The molecular weight excluding hydrogens is 440 g/mol. The van der Waals surface area contributed by atoms with Crippen molar-refractivity contribution in [3.63, 3.8) is 0 Å². The number of benzene rings is 2. The Bertz CT molecular complexity index is 1370. The SMILES string of the molecule is O=C(CCc1ccc(S(=O)(=O)c2cccc(OC(F)F)c2)cc1)c1cnc2nccn2c1. The molecule has 0 aliphatic carbocycles. The molecule has 0 atom stereocenters. The van der Waals surface area contributed by atoms with Gasteiger partial charge in [-0.15, -0.1) is 0 Å². The summed E-state index contributed by atoms with van der Waals surface area (Å²) in [6.45, 7) is -3.05. The maximum absolute atomic E-state index is 12.8. The maximum atomic E-state index is 12.8. The van der Waals surface area contributed by atoms with Gasteiger partial charge in [0.05, 0.1) is 15.4 Å². The first-order valence-corrected chi connectivity index (χ1v) is 11.0. The highest BCUT2D eigenvalue weighted by Crippen LogP contribution is 2.25. The number of aromatic nitrogens is 3. The van der Waals surface area contributed by atoms with E-state index < -0.39 is 16.4 Å². The molecule has 0 amide bonds. The number of hydrogen-bond acceptors (Lipinski definition) is 6. The minimum atomic E-state index is -3.91. The fourth-order valence-electron chi connectivity index (χ4n) is 3.15. The van der Waals surface area contributed by atoms with Crippen LogP contribution in [-0.2, 0) is 16.3 Å². The number of aryl methyl sites for hydroxylation is 1. The van der Waals surface area contributed by atoms with Crippen molar-refractivity contribution in [2.24, 2.45) is 0 Å². The number of halogens is 2. The highest BCUT2D eigenvalue weighted by molar-refractivity contribution is 7.91. The van der Waals surface area contributed by atoms with Crippen molar-refractivity contribution >= 4 is 21.4 Å². The second-order valence-electron chi connectivity index (χ2n) is 6.90. The summed E-state index contributed by atoms with van der Waals surface area (Å²) in [7, 11) is -3.91. The summed E-state index contributed by atoms with van der Waals surface area (Å²) in [6, 6.07) is 11.0. The molecule has 0 unspecified atom stereocenters. The quantitative estimate of drug-likeness (QED) is 0.372. The van der Waals surface area contributed by atoms with Crippen LogP contribution in [0.25, 0.3) is 5.78 Å². The predicted octanol–water partition coefficient (Wildman–Crippen LogP) is 3.98. The van der Waals surface area contributed by atoms with Crippen LogP contribution in [0.5, 0.6) is 5.75 Å². The van der Waals surface area contributed by atoms with Crippen LogP contribution < -0.4 is 4.74 Å². The number of hydrogen-bond donors (Lipinski definition) is 0. The van der Waals surface area contributed by atoms with Crippen molar-refractivity contribution in [3.8, 4) is 5.75 Å². The Kier molecular flexibility index (Phi) is 5.95. The van der Waals surface area contributed by atoms with E-state index in [1.807, 2.05) is 0 Å². The molecule has 2 heterocycles. The van der Waals surface area contributed by atoms with Gasteiger partial charge in [0.2, 0.25) is 15.6 Å². The molecule has 7 nitrogen and oxygen atoms in total. The van der Waals surface area contributed by atoms with E-state index in [1.54, 1.807) is 35.1 Å². The maximum Gasteiger partial charge on any atom is 0.387 e. The van der Waals surface area contributed by atoms with Crippen molar-refractivity contribution in [2.75, 3.05) is 0 Å². The van der Waals surface area contributed by atoms with Crippen molar-refractivity contribution < 1.29 is 26.7 Å². The molecular formula is C22H17F2N3O4S. The van der Waals surface area contributed by atoms with Gasteiger partial charge in [-0.25, -0.2) is 18.4 Å². The Hall–Kier alpha value is -3.66. The normalized spacial score (nSPS) is 11.7. The second-order valence-corrected chi connectivity index (χ2v) is 8.85. The topological polar surface area (TPSA) is 90.6 Å². The second kappa shape index (κ2) is 8.83. The van der Waals surface area contributed by atoms with E-state index in [1.165, 1.54) is 36.5 Å². The van der Waals surface area contributed by atoms with E-state index in [9.17, 15) is 22.0 Å². The summed E-state index contributed by atoms with van der Waals surface area (Å²) < 4.78 is 56.4. The van der Waals surface area contributed by atoms with Crippen molar-refractivity contribution in [2.45, 2.75) is 29.2 Å². The fraction of sp³-hybridized carbons (Fsp3) is 0.136. The van der Waals surface area contributed by atoms with E-state index in [4.69, 9.17) is 0 Å². The summed E-state index contributed by atoms with van der Waals surface area (Å²) in [5.74, 6) is 0.171. The third-order valence-corrected chi connectivity index (χ3v) is 6.55. The van der Waals surface area contributed by atoms with Gasteiger partial charge >= 0.3 is 6.61 Å². The number of fused-ring (bicyclic) bond motifs is 1. The number of Topliss-reactive ketones (excluding diaryl/α,β-unsaturated/α-hetero) is 1. The van der Waals surface area contributed by atoms with Crippen LogP contribution >= 0.6 is 0 Å². The lowest BCUT2D eigenvalue weighted by Crippen LogP contribution is -2.06. The molecule has 4 aromatic rings. The number of carbonyl (C=O) groups is 1. The van der Waals surface area contributed by atoms with Gasteiger partial charge in [0.1, 0.15) is 5.75 Å². The number of nitrogens with zero attached hydrogens (tertiary/aromatic N) is 3. The highest BCUT2D eigenvalue weighted by Gasteiger charge is 2.19. The monoisotopic (exact) mass is 457 g/mol. The third kappa shape index (κ3) is 4.65. The summed E-state index contributed by atoms with van der Waals surface area (Å²) in [5.41, 5.74) is 1.24. The van der Waals surface area contributed by atoms with Crippen LogP contribution in [-0.4, -0.2) is 35.2 Å². The van der Waals surface area contributed by atoms with E-state index in [-0.39, 0.29) is 27.7 Å². The average Bonchev–Trinajstić information content (AvgIpc) is 3.25. The van der Waals surface area contributed by atoms with E-state index in [2.05, 4.69) is 14.7 Å². The Morgan fingerprint density at radius 1 is 1.06 bits per heavy atom. The average molecular weight is 457 g/mol. The largest absolute Gasteiger partial charge is 0.435 e. The molecule has 0 aliphatic rings. The number of sulfone groups is 1. The Morgan fingerprint density at radius 3 is 2.59 bits per heavy atom. The first-order chi connectivity index (χ1) is 15.3. The van der Waals surface area contributed by atoms with Gasteiger partial charge in [-0.1, -0.05) is 18.2 Å². The minimum Gasteiger partial charge on any atom is -0.435 e. The van der Waals surface area contributed by atoms with Crippen LogP contribution in [0.1, 0.15) is 22.3 Å². The fourth-order valence-corrected chi connectivity index (χ4v) is 4.45. The van der Waals surface area contributed by atoms with Gasteiger partial charge in [-0.2, -0.15) is 8.78 Å². The molecule has 32 heavy (non-hydrogen) atoms. The number of ketones is 1. The molecule has 164 valence electrons. The highest BCUT2D eigenvalue weighted by atomic mass is 32.2. The third-order valence-electron chi connectivity index (χ3n) is 4.78. The number of alkyl halides is 2. The lowest BCUT2D eigenvalue weighted by molar-refractivity contribution is -0.0500. The molecule has 0 spiro atoms. The number of ether oxygens (including phenoxy) is 1. The first-order valence-electron chi connectivity index (χ1n) is 9.54. The van der Waals surface area contributed by atoms with Crippen molar-refractivity contribution in [1.29, 1.82) is 0 Å². The van der Waals surface area contributed by atoms with Gasteiger partial charge in [-0.05, 0) is 42.3 Å². The summed E-state index contributed by atoms with van der Waals surface area (Å²) in [6.07, 6.45) is 7.08. The first kappa shape index (κ1) is 21.6. The van der Waals surface area contributed by atoms with Gasteiger partial charge in [-0.3, -0.25) is 9.20 Å².